The molecule has 16 heavy (non-hydrogen) atoms. The van der Waals surface area contributed by atoms with Gasteiger partial charge in [-0.25, -0.2) is 0 Å². The van der Waals surface area contributed by atoms with Crippen molar-refractivity contribution in [3.05, 3.63) is 71.8 Å². The van der Waals surface area contributed by atoms with Gasteiger partial charge >= 0.3 is 0 Å². The molecule has 1 atom stereocenters. The van der Waals surface area contributed by atoms with Crippen LogP contribution in [0.5, 0.6) is 0 Å². The minimum Gasteiger partial charge on any atom is -0.341 e. The second-order valence-corrected chi connectivity index (χ2v) is 3.54. The molecule has 0 bridgehead atoms. The van der Waals surface area contributed by atoms with E-state index in [2.05, 4.69) is 0 Å². The smallest absolute Gasteiger partial charge is 0.217 e. The van der Waals surface area contributed by atoms with Crippen LogP contribution in [0.3, 0.4) is 0 Å². The molecule has 2 aromatic carbocycles. The number of rotatable bonds is 4. The highest BCUT2D eigenvalue weighted by Gasteiger charge is 2.08. The van der Waals surface area contributed by atoms with Crippen LogP contribution in [0.2, 0.25) is 0 Å². The third-order valence-corrected chi connectivity index (χ3v) is 2.32. The Hall–Kier alpha value is -1.64. The van der Waals surface area contributed by atoms with Gasteiger partial charge in [-0.05, 0) is 5.56 Å². The zero-order valence-corrected chi connectivity index (χ0v) is 8.87. The fourth-order valence-corrected chi connectivity index (χ4v) is 1.45. The lowest BCUT2D eigenvalue weighted by molar-refractivity contribution is -0.152. The summed E-state index contributed by atoms with van der Waals surface area (Å²) in [5.41, 5.74) is 1.68. The van der Waals surface area contributed by atoms with Crippen LogP contribution < -0.4 is 0 Å². The molecule has 0 saturated heterocycles. The van der Waals surface area contributed by atoms with E-state index in [0.29, 0.717) is 12.2 Å². The minimum absolute atomic E-state index is 0.351. The van der Waals surface area contributed by atoms with E-state index in [-0.39, 0.29) is 0 Å². The molecule has 0 aliphatic heterocycles. The van der Waals surface area contributed by atoms with Crippen molar-refractivity contribution in [2.24, 2.45) is 0 Å². The van der Waals surface area contributed by atoms with Crippen molar-refractivity contribution in [2.75, 3.05) is 0 Å². The molecule has 0 N–H and O–H groups in total. The Labute approximate surface area is 95.1 Å². The average Bonchev–Trinajstić information content (AvgIpc) is 2.38. The van der Waals surface area contributed by atoms with Crippen molar-refractivity contribution in [3.8, 4) is 0 Å². The van der Waals surface area contributed by atoms with Gasteiger partial charge in [0.1, 0.15) is 0 Å². The quantitative estimate of drug-likeness (QED) is 0.716. The Morgan fingerprint density at radius 3 is 2.06 bits per heavy atom. The number of benzene rings is 2. The maximum absolute atomic E-state index is 11.7. The van der Waals surface area contributed by atoms with Crippen LogP contribution in [0, 0.1) is 0 Å². The Morgan fingerprint density at radius 2 is 1.44 bits per heavy atom. The van der Waals surface area contributed by atoms with Crippen LogP contribution in [0.1, 0.15) is 17.4 Å². The Bertz CT molecular complexity index is 411. The van der Waals surface area contributed by atoms with Gasteiger partial charge in [-0.15, -0.1) is 0 Å². The largest absolute Gasteiger partial charge is 0.341 e. The van der Waals surface area contributed by atoms with Gasteiger partial charge in [-0.1, -0.05) is 60.7 Å². The van der Waals surface area contributed by atoms with E-state index in [1.54, 1.807) is 12.1 Å². The summed E-state index contributed by atoms with van der Waals surface area (Å²) in [6, 6.07) is 18.8. The Balaban J connectivity index is 1.92. The molecule has 0 spiro atoms. The van der Waals surface area contributed by atoms with Crippen LogP contribution in [-0.2, 0) is 16.5 Å². The second kappa shape index (κ2) is 5.45. The van der Waals surface area contributed by atoms with Crippen molar-refractivity contribution < 1.29 is 9.84 Å². The molecule has 81 valence electrons. The first kappa shape index (κ1) is 10.9. The molecule has 2 heteroatoms. The lowest BCUT2D eigenvalue weighted by atomic mass is 10.2. The molecule has 0 saturated carbocycles. The van der Waals surface area contributed by atoms with Gasteiger partial charge in [0.15, 0.2) is 0 Å². The standard InChI is InChI=1S/C14H13O2/c15-14(13-9-5-2-6-10-13)16-11-12-7-3-1-4-8-12/h1-10,14H,11H2. The molecule has 0 heterocycles. The van der Waals surface area contributed by atoms with Crippen LogP contribution in [0.25, 0.3) is 0 Å². The molecule has 2 rings (SSSR count). The van der Waals surface area contributed by atoms with E-state index >= 15 is 0 Å². The van der Waals surface area contributed by atoms with E-state index in [0.717, 1.165) is 5.56 Å². The molecular weight excluding hydrogens is 200 g/mol. The zero-order chi connectivity index (χ0) is 11.2. The molecule has 0 amide bonds. The first-order valence-corrected chi connectivity index (χ1v) is 5.22. The molecule has 0 aliphatic carbocycles. The van der Waals surface area contributed by atoms with Gasteiger partial charge in [0.2, 0.25) is 6.29 Å². The van der Waals surface area contributed by atoms with E-state index < -0.39 is 6.29 Å². The maximum Gasteiger partial charge on any atom is 0.217 e. The van der Waals surface area contributed by atoms with Crippen molar-refractivity contribution in [3.63, 3.8) is 0 Å². The summed E-state index contributed by atoms with van der Waals surface area (Å²) in [5.74, 6) is 0. The average molecular weight is 213 g/mol. The maximum atomic E-state index is 11.7. The monoisotopic (exact) mass is 213 g/mol. The van der Waals surface area contributed by atoms with E-state index in [1.165, 1.54) is 0 Å². The first-order valence-electron chi connectivity index (χ1n) is 5.22. The van der Waals surface area contributed by atoms with Gasteiger partial charge in [0, 0.05) is 5.56 Å². The molecule has 0 aromatic heterocycles. The number of ether oxygens (including phenoxy) is 1. The van der Waals surface area contributed by atoms with E-state index in [1.807, 2.05) is 48.5 Å². The van der Waals surface area contributed by atoms with Gasteiger partial charge in [-0.2, -0.15) is 5.11 Å². The van der Waals surface area contributed by atoms with Crippen molar-refractivity contribution in [1.82, 2.24) is 0 Å². The normalized spacial score (nSPS) is 12.3. The first-order chi connectivity index (χ1) is 7.86. The van der Waals surface area contributed by atoms with Crippen molar-refractivity contribution in [1.29, 1.82) is 0 Å². The zero-order valence-electron chi connectivity index (χ0n) is 8.87. The third-order valence-electron chi connectivity index (χ3n) is 2.32. The van der Waals surface area contributed by atoms with E-state index in [4.69, 9.17) is 4.74 Å². The summed E-state index contributed by atoms with van der Waals surface area (Å²) in [7, 11) is 0. The summed E-state index contributed by atoms with van der Waals surface area (Å²) >= 11 is 0. The number of hydrogen-bond acceptors (Lipinski definition) is 1. The molecule has 0 aliphatic rings. The molecular formula is C14H13O2. The van der Waals surface area contributed by atoms with Crippen LogP contribution in [0.4, 0.5) is 0 Å². The van der Waals surface area contributed by atoms with Gasteiger partial charge in [-0.3, -0.25) is 0 Å². The number of hydrogen-bond donors (Lipinski definition) is 0. The Kier molecular flexibility index (Phi) is 3.70. The third kappa shape index (κ3) is 2.92. The topological polar surface area (TPSA) is 29.1 Å². The van der Waals surface area contributed by atoms with Crippen LogP contribution in [-0.4, -0.2) is 0 Å². The fourth-order valence-electron chi connectivity index (χ4n) is 1.45. The predicted octanol–water partition coefficient (Wildman–Crippen LogP) is 3.33. The highest BCUT2D eigenvalue weighted by Crippen LogP contribution is 2.16. The molecule has 2 aromatic rings. The SMILES string of the molecule is [O]C(OCc1ccccc1)c1ccccc1. The fraction of sp³-hybridized carbons (Fsp3) is 0.143. The van der Waals surface area contributed by atoms with Crippen molar-refractivity contribution >= 4 is 0 Å². The van der Waals surface area contributed by atoms with Gasteiger partial charge < -0.3 is 4.74 Å². The summed E-state index contributed by atoms with van der Waals surface area (Å²) in [4.78, 5) is 0. The Morgan fingerprint density at radius 1 is 0.875 bits per heavy atom. The summed E-state index contributed by atoms with van der Waals surface area (Å²) in [6.45, 7) is 0.351. The lowest BCUT2D eigenvalue weighted by Gasteiger charge is -2.09. The predicted molar refractivity (Wildman–Crippen MR) is 61.1 cm³/mol. The second-order valence-electron chi connectivity index (χ2n) is 3.54. The van der Waals surface area contributed by atoms with Crippen LogP contribution >= 0.6 is 0 Å². The molecule has 1 unspecified atom stereocenters. The highest BCUT2D eigenvalue weighted by atomic mass is 16.6. The van der Waals surface area contributed by atoms with Crippen molar-refractivity contribution in [2.45, 2.75) is 12.9 Å². The van der Waals surface area contributed by atoms with E-state index in [9.17, 15) is 5.11 Å². The molecule has 1 radical (unpaired) electrons. The summed E-state index contributed by atoms with van der Waals surface area (Å²) in [5, 5.41) is 11.7. The van der Waals surface area contributed by atoms with Gasteiger partial charge in [0.25, 0.3) is 0 Å². The minimum atomic E-state index is -1.11. The van der Waals surface area contributed by atoms with Gasteiger partial charge in [0.05, 0.1) is 6.61 Å². The lowest BCUT2D eigenvalue weighted by Crippen LogP contribution is -2.01. The summed E-state index contributed by atoms with van der Waals surface area (Å²) in [6.07, 6.45) is -1.11. The highest BCUT2D eigenvalue weighted by molar-refractivity contribution is 5.16. The summed E-state index contributed by atoms with van der Waals surface area (Å²) < 4.78 is 5.26. The molecule has 2 nitrogen and oxygen atoms in total. The molecule has 0 fully saturated rings. The van der Waals surface area contributed by atoms with Crippen LogP contribution in [0.15, 0.2) is 60.7 Å².